The van der Waals surface area contributed by atoms with Crippen molar-refractivity contribution < 1.29 is 14.1 Å². The van der Waals surface area contributed by atoms with Gasteiger partial charge >= 0.3 is 0 Å². The minimum Gasteiger partial charge on any atom is -0.365 e. The minimum atomic E-state index is -0.466. The van der Waals surface area contributed by atoms with Gasteiger partial charge in [0.2, 0.25) is 6.33 Å². The molecule has 0 saturated carbocycles. The van der Waals surface area contributed by atoms with E-state index < -0.39 is 12.1 Å². The van der Waals surface area contributed by atoms with Crippen molar-refractivity contribution in [1.82, 2.24) is 4.57 Å². The van der Waals surface area contributed by atoms with E-state index in [0.717, 1.165) is 11.1 Å². The number of hydrogen-bond acceptors (Lipinski definition) is 2. The second-order valence-corrected chi connectivity index (χ2v) is 10.6. The van der Waals surface area contributed by atoms with Crippen molar-refractivity contribution in [2.45, 2.75) is 32.2 Å². The summed E-state index contributed by atoms with van der Waals surface area (Å²) in [5.74, 6) is -0.170. The second-order valence-electron chi connectivity index (χ2n) is 8.43. The Bertz CT molecular complexity index is 1410. The van der Waals surface area contributed by atoms with Crippen LogP contribution in [0.4, 0.5) is 5.69 Å². The number of rotatable bonds is 9. The second kappa shape index (κ2) is 12.5. The fraction of sp³-hybridized carbons (Fsp3) is 0.185. The van der Waals surface area contributed by atoms with Gasteiger partial charge in [-0.3, -0.25) is 4.79 Å². The van der Waals surface area contributed by atoms with Crippen molar-refractivity contribution in [1.29, 1.82) is 0 Å². The molecule has 3 aromatic carbocycles. The summed E-state index contributed by atoms with van der Waals surface area (Å²) in [7, 11) is 0. The number of nitrogens with zero attached hydrogens (tertiary/aromatic N) is 2. The van der Waals surface area contributed by atoms with Crippen molar-refractivity contribution >= 4 is 69.6 Å². The van der Waals surface area contributed by atoms with Gasteiger partial charge in [0.05, 0.1) is 6.61 Å². The summed E-state index contributed by atoms with van der Waals surface area (Å²) in [6.45, 7) is 2.50. The van der Waals surface area contributed by atoms with E-state index in [9.17, 15) is 4.79 Å². The summed E-state index contributed by atoms with van der Waals surface area (Å²) >= 11 is 31.0. The van der Waals surface area contributed by atoms with Crippen molar-refractivity contribution in [3.05, 3.63) is 116 Å². The van der Waals surface area contributed by atoms with Gasteiger partial charge in [-0.15, -0.1) is 0 Å². The molecule has 1 N–H and O–H groups in total. The predicted molar refractivity (Wildman–Crippen MR) is 150 cm³/mol. The highest BCUT2D eigenvalue weighted by Crippen LogP contribution is 2.31. The number of ether oxygens (including phenoxy) is 1. The predicted octanol–water partition coefficient (Wildman–Crippen LogP) is 8.20. The highest BCUT2D eigenvalue weighted by atomic mass is 35.5. The van der Waals surface area contributed by atoms with E-state index in [4.69, 9.17) is 62.7 Å². The number of benzene rings is 3. The van der Waals surface area contributed by atoms with Crippen molar-refractivity contribution in [3.63, 3.8) is 0 Å². The highest BCUT2D eigenvalue weighted by Gasteiger charge is 2.24. The molecule has 0 bridgehead atoms. The fourth-order valence-corrected chi connectivity index (χ4v) is 4.90. The van der Waals surface area contributed by atoms with Gasteiger partial charge in [0.15, 0.2) is 6.04 Å². The highest BCUT2D eigenvalue weighted by molar-refractivity contribution is 6.35. The molecule has 0 saturated heterocycles. The standard InChI is InChI=1S/C27H22Cl5N3O2/c1-17(27(36)33-22-4-2-3-19(28)11-22)35-10-9-34(16-35)14-26(23-8-7-21(30)13-25(23)32)37-15-18-5-6-20(29)12-24(18)31/h2-13,16-17,26H,14-15H2,1H3/p+1. The molecule has 0 aliphatic heterocycles. The molecule has 0 radical (unpaired) electrons. The molecule has 0 aliphatic carbocycles. The Morgan fingerprint density at radius 1 is 0.946 bits per heavy atom. The number of hydrogen-bond donors (Lipinski definition) is 1. The van der Waals surface area contributed by atoms with E-state index in [1.807, 2.05) is 46.9 Å². The molecule has 0 fully saturated rings. The number of halogens is 5. The number of anilines is 1. The Hall–Kier alpha value is -2.25. The molecule has 5 nitrogen and oxygen atoms in total. The van der Waals surface area contributed by atoms with Crippen LogP contribution >= 0.6 is 58.0 Å². The van der Waals surface area contributed by atoms with Gasteiger partial charge in [-0.2, -0.15) is 0 Å². The van der Waals surface area contributed by atoms with Crippen molar-refractivity contribution in [2.75, 3.05) is 5.32 Å². The summed E-state index contributed by atoms with van der Waals surface area (Å²) in [6, 6.07) is 17.1. The van der Waals surface area contributed by atoms with Gasteiger partial charge in [-0.05, 0) is 55.0 Å². The average molecular weight is 599 g/mol. The largest absolute Gasteiger partial charge is 0.365 e. The van der Waals surface area contributed by atoms with E-state index in [0.29, 0.717) is 37.3 Å². The maximum absolute atomic E-state index is 12.8. The Labute approximate surface area is 240 Å². The molecule has 192 valence electrons. The monoisotopic (exact) mass is 596 g/mol. The van der Waals surface area contributed by atoms with E-state index in [1.165, 1.54) is 0 Å². The number of carbonyl (C=O) groups is 1. The third-order valence-electron chi connectivity index (χ3n) is 5.77. The molecule has 2 atom stereocenters. The van der Waals surface area contributed by atoms with Gasteiger partial charge in [0, 0.05) is 36.4 Å². The van der Waals surface area contributed by atoms with Crippen LogP contribution < -0.4 is 9.88 Å². The molecule has 1 heterocycles. The van der Waals surface area contributed by atoms with E-state index in [2.05, 4.69) is 5.32 Å². The normalized spacial score (nSPS) is 12.8. The SMILES string of the molecule is CC(C(=O)Nc1cccc(Cl)c1)n1cc[n+](CC(OCc2ccc(Cl)cc2Cl)c2ccc(Cl)cc2Cl)c1. The summed E-state index contributed by atoms with van der Waals surface area (Å²) in [6.07, 6.45) is 5.13. The first-order valence-corrected chi connectivity index (χ1v) is 13.2. The van der Waals surface area contributed by atoms with Gasteiger partial charge in [0.25, 0.3) is 5.91 Å². The maximum Gasteiger partial charge on any atom is 0.269 e. The van der Waals surface area contributed by atoms with Crippen molar-refractivity contribution in [3.8, 4) is 0 Å². The molecule has 1 aromatic heterocycles. The van der Waals surface area contributed by atoms with Crippen LogP contribution in [0.1, 0.15) is 30.2 Å². The Morgan fingerprint density at radius 3 is 2.35 bits per heavy atom. The molecule has 1 amide bonds. The first-order chi connectivity index (χ1) is 17.7. The van der Waals surface area contributed by atoms with Gasteiger partial charge in [-0.1, -0.05) is 76.2 Å². The number of imidazole rings is 1. The lowest BCUT2D eigenvalue weighted by molar-refractivity contribution is -0.705. The Balaban J connectivity index is 1.51. The minimum absolute atomic E-state index is 0.170. The van der Waals surface area contributed by atoms with Crippen molar-refractivity contribution in [2.24, 2.45) is 0 Å². The third kappa shape index (κ3) is 7.41. The van der Waals surface area contributed by atoms with E-state index in [-0.39, 0.29) is 12.5 Å². The zero-order chi connectivity index (χ0) is 26.5. The Morgan fingerprint density at radius 2 is 1.65 bits per heavy atom. The number of carbonyl (C=O) groups excluding carboxylic acids is 1. The average Bonchev–Trinajstić information content (AvgIpc) is 3.31. The summed E-state index contributed by atoms with van der Waals surface area (Å²) in [4.78, 5) is 12.8. The molecule has 0 spiro atoms. The van der Waals surface area contributed by atoms with Crippen LogP contribution in [0.25, 0.3) is 0 Å². The summed E-state index contributed by atoms with van der Waals surface area (Å²) in [5.41, 5.74) is 2.22. The first kappa shape index (κ1) is 27.8. The number of amides is 1. The van der Waals surface area contributed by atoms with E-state index in [1.54, 1.807) is 48.5 Å². The molecule has 2 unspecified atom stereocenters. The lowest BCUT2D eigenvalue weighted by Crippen LogP contribution is -2.36. The topological polar surface area (TPSA) is 47.1 Å². The number of aromatic nitrogens is 2. The fourth-order valence-electron chi connectivity index (χ4n) is 3.72. The van der Waals surface area contributed by atoms with Gasteiger partial charge in [-0.25, -0.2) is 9.13 Å². The van der Waals surface area contributed by atoms with Crippen LogP contribution in [0.5, 0.6) is 0 Å². The smallest absolute Gasteiger partial charge is 0.269 e. The van der Waals surface area contributed by atoms with Gasteiger partial charge in [0.1, 0.15) is 25.0 Å². The van der Waals surface area contributed by atoms with Crippen LogP contribution in [-0.2, 0) is 22.7 Å². The lowest BCUT2D eigenvalue weighted by Gasteiger charge is -2.19. The summed E-state index contributed by atoms with van der Waals surface area (Å²) < 4.78 is 10.0. The number of nitrogens with one attached hydrogen (secondary N) is 1. The Kier molecular flexibility index (Phi) is 9.41. The molecular weight excluding hydrogens is 576 g/mol. The van der Waals surface area contributed by atoms with Crippen LogP contribution in [0.15, 0.2) is 79.4 Å². The molecular formula is C27H23Cl5N3O2+. The first-order valence-electron chi connectivity index (χ1n) is 11.3. The lowest BCUT2D eigenvalue weighted by atomic mass is 10.1. The van der Waals surface area contributed by atoms with Crippen LogP contribution in [0.3, 0.4) is 0 Å². The quantitative estimate of drug-likeness (QED) is 0.198. The van der Waals surface area contributed by atoms with Crippen LogP contribution in [0, 0.1) is 0 Å². The zero-order valence-electron chi connectivity index (χ0n) is 19.7. The molecule has 4 aromatic rings. The molecule has 10 heteroatoms. The van der Waals surface area contributed by atoms with Crippen LogP contribution in [0.2, 0.25) is 25.1 Å². The van der Waals surface area contributed by atoms with E-state index >= 15 is 0 Å². The zero-order valence-corrected chi connectivity index (χ0v) is 23.5. The molecule has 0 aliphatic rings. The van der Waals surface area contributed by atoms with Crippen LogP contribution in [-0.4, -0.2) is 10.5 Å². The third-order valence-corrected chi connectivity index (χ3v) is 7.16. The maximum atomic E-state index is 12.8. The summed E-state index contributed by atoms with van der Waals surface area (Å²) in [5, 5.41) is 5.54. The molecule has 4 rings (SSSR count). The molecule has 37 heavy (non-hydrogen) atoms. The van der Waals surface area contributed by atoms with Gasteiger partial charge < -0.3 is 10.1 Å².